The molecule has 2 aliphatic rings. The van der Waals surface area contributed by atoms with Crippen LogP contribution in [0.2, 0.25) is 0 Å². The molecule has 112 valence electrons. The molecule has 2 N–H and O–H groups in total. The summed E-state index contributed by atoms with van der Waals surface area (Å²) in [5.74, 6) is -0.333. The summed E-state index contributed by atoms with van der Waals surface area (Å²) in [6.07, 6.45) is 4.56. The van der Waals surface area contributed by atoms with Crippen LogP contribution in [0.5, 0.6) is 0 Å². The van der Waals surface area contributed by atoms with Crippen molar-refractivity contribution in [1.82, 2.24) is 9.80 Å². The van der Waals surface area contributed by atoms with Crippen molar-refractivity contribution in [2.45, 2.75) is 39.2 Å². The maximum Gasteiger partial charge on any atom is 0.214 e. The summed E-state index contributed by atoms with van der Waals surface area (Å²) in [6, 6.07) is 0. The molecule has 0 aromatic heterocycles. The average Bonchev–Trinajstić information content (AvgIpc) is 2.32. The van der Waals surface area contributed by atoms with E-state index in [0.29, 0.717) is 6.10 Å². The van der Waals surface area contributed by atoms with Gasteiger partial charge in [0.25, 0.3) is 0 Å². The molecule has 19 heavy (non-hydrogen) atoms. The highest BCUT2D eigenvalue weighted by Crippen LogP contribution is 2.21. The first-order valence-corrected chi connectivity index (χ1v) is 7.44. The zero-order chi connectivity index (χ0) is 14.1. The lowest BCUT2D eigenvalue weighted by atomic mass is 9.96. The standard InChI is InChI=1S/C12H24N2O.C2H5NO/c1-2-13-6-8-14(9-7-13)10-11-15-12-4-3-5-12;1-2(3)4/h12H,2-11H2,1H3;1H3,(H2,3,4). The van der Waals surface area contributed by atoms with E-state index < -0.39 is 0 Å². The van der Waals surface area contributed by atoms with E-state index in [1.54, 1.807) is 0 Å². The van der Waals surface area contributed by atoms with Crippen molar-refractivity contribution in [2.75, 3.05) is 45.9 Å². The second kappa shape index (κ2) is 9.28. The number of hydrogen-bond donors (Lipinski definition) is 1. The first-order chi connectivity index (χ1) is 9.11. The van der Waals surface area contributed by atoms with Gasteiger partial charge in [0.15, 0.2) is 0 Å². The minimum absolute atomic E-state index is 0.333. The monoisotopic (exact) mass is 271 g/mol. The van der Waals surface area contributed by atoms with E-state index in [0.717, 1.165) is 13.2 Å². The van der Waals surface area contributed by atoms with E-state index in [4.69, 9.17) is 4.74 Å². The number of carbonyl (C=O) groups is 1. The summed E-state index contributed by atoms with van der Waals surface area (Å²) < 4.78 is 5.78. The molecule has 0 radical (unpaired) electrons. The van der Waals surface area contributed by atoms with Gasteiger partial charge in [0.05, 0.1) is 12.7 Å². The van der Waals surface area contributed by atoms with Crippen LogP contribution in [0.3, 0.4) is 0 Å². The Labute approximate surface area is 117 Å². The van der Waals surface area contributed by atoms with Crippen molar-refractivity contribution in [3.63, 3.8) is 0 Å². The summed E-state index contributed by atoms with van der Waals surface area (Å²) in [4.78, 5) is 14.3. The minimum atomic E-state index is -0.333. The smallest absolute Gasteiger partial charge is 0.214 e. The Morgan fingerprint density at radius 3 is 2.16 bits per heavy atom. The second-order valence-electron chi connectivity index (χ2n) is 5.31. The molecule has 1 saturated carbocycles. The highest BCUT2D eigenvalue weighted by atomic mass is 16.5. The number of amides is 1. The summed E-state index contributed by atoms with van der Waals surface area (Å²) >= 11 is 0. The molecule has 5 heteroatoms. The van der Waals surface area contributed by atoms with Crippen LogP contribution < -0.4 is 5.73 Å². The Morgan fingerprint density at radius 1 is 1.21 bits per heavy atom. The molecule has 0 aromatic carbocycles. The van der Waals surface area contributed by atoms with Crippen LogP contribution >= 0.6 is 0 Å². The Bertz CT molecular complexity index is 245. The van der Waals surface area contributed by atoms with Gasteiger partial charge in [-0.2, -0.15) is 0 Å². The van der Waals surface area contributed by atoms with E-state index in [1.807, 2.05) is 0 Å². The van der Waals surface area contributed by atoms with Crippen LogP contribution in [0, 0.1) is 0 Å². The van der Waals surface area contributed by atoms with Crippen molar-refractivity contribution >= 4 is 5.91 Å². The van der Waals surface area contributed by atoms with E-state index in [2.05, 4.69) is 22.5 Å². The second-order valence-corrected chi connectivity index (χ2v) is 5.31. The lowest BCUT2D eigenvalue weighted by molar-refractivity contribution is -0.115. The number of likely N-dealkylation sites (N-methyl/N-ethyl adjacent to an activating group) is 1. The predicted octanol–water partition coefficient (Wildman–Crippen LogP) is 0.685. The van der Waals surface area contributed by atoms with Gasteiger partial charge in [0.2, 0.25) is 5.91 Å². The molecule has 5 nitrogen and oxygen atoms in total. The van der Waals surface area contributed by atoms with Gasteiger partial charge in [-0.25, -0.2) is 0 Å². The molecular formula is C14H29N3O2. The number of carbonyl (C=O) groups excluding carboxylic acids is 1. The summed E-state index contributed by atoms with van der Waals surface area (Å²) in [6.45, 7) is 11.7. The fraction of sp³-hybridized carbons (Fsp3) is 0.929. The number of nitrogens with zero attached hydrogens (tertiary/aromatic N) is 2. The first kappa shape index (κ1) is 16.4. The van der Waals surface area contributed by atoms with Crippen LogP contribution in [0.4, 0.5) is 0 Å². The largest absolute Gasteiger partial charge is 0.377 e. The van der Waals surface area contributed by atoms with Crippen molar-refractivity contribution in [1.29, 1.82) is 0 Å². The molecule has 1 saturated heterocycles. The number of ether oxygens (including phenoxy) is 1. The lowest BCUT2D eigenvalue weighted by Crippen LogP contribution is -2.47. The third-order valence-electron chi connectivity index (χ3n) is 3.73. The molecule has 2 rings (SSSR count). The van der Waals surface area contributed by atoms with Crippen LogP contribution in [-0.2, 0) is 9.53 Å². The molecule has 0 aromatic rings. The molecule has 2 fully saturated rings. The first-order valence-electron chi connectivity index (χ1n) is 7.44. The van der Waals surface area contributed by atoms with E-state index >= 15 is 0 Å². The van der Waals surface area contributed by atoms with Gasteiger partial charge >= 0.3 is 0 Å². The molecule has 1 aliphatic carbocycles. The van der Waals surface area contributed by atoms with Crippen molar-refractivity contribution in [2.24, 2.45) is 5.73 Å². The van der Waals surface area contributed by atoms with E-state index in [-0.39, 0.29) is 5.91 Å². The zero-order valence-electron chi connectivity index (χ0n) is 12.4. The normalized spacial score (nSPS) is 21.4. The SMILES string of the molecule is CC(N)=O.CCN1CCN(CCOC2CCC2)CC1. The highest BCUT2D eigenvalue weighted by Gasteiger charge is 2.19. The van der Waals surface area contributed by atoms with E-state index in [9.17, 15) is 4.79 Å². The van der Waals surface area contributed by atoms with Gasteiger partial charge in [-0.05, 0) is 25.8 Å². The number of primary amides is 1. The molecule has 0 spiro atoms. The molecule has 0 bridgehead atoms. The number of nitrogens with two attached hydrogens (primary N) is 1. The maximum atomic E-state index is 9.22. The average molecular weight is 271 g/mol. The van der Waals surface area contributed by atoms with Gasteiger partial charge in [-0.1, -0.05) is 6.92 Å². The molecule has 0 unspecified atom stereocenters. The van der Waals surface area contributed by atoms with E-state index in [1.165, 1.54) is 58.9 Å². The molecule has 1 aliphatic heterocycles. The van der Waals surface area contributed by atoms with Crippen LogP contribution in [0.15, 0.2) is 0 Å². The van der Waals surface area contributed by atoms with Crippen LogP contribution in [0.25, 0.3) is 0 Å². The number of hydrogen-bond acceptors (Lipinski definition) is 4. The Kier molecular flexibility index (Phi) is 8.02. The predicted molar refractivity (Wildman–Crippen MR) is 77.0 cm³/mol. The topological polar surface area (TPSA) is 58.8 Å². The minimum Gasteiger partial charge on any atom is -0.377 e. The van der Waals surface area contributed by atoms with Gasteiger partial charge in [-0.15, -0.1) is 0 Å². The maximum absolute atomic E-state index is 9.22. The van der Waals surface area contributed by atoms with Gasteiger partial charge < -0.3 is 15.4 Å². The van der Waals surface area contributed by atoms with Crippen molar-refractivity contribution in [3.05, 3.63) is 0 Å². The lowest BCUT2D eigenvalue weighted by Gasteiger charge is -2.34. The quantitative estimate of drug-likeness (QED) is 0.799. The summed E-state index contributed by atoms with van der Waals surface area (Å²) in [7, 11) is 0. The molecule has 1 heterocycles. The summed E-state index contributed by atoms with van der Waals surface area (Å²) in [5.41, 5.74) is 4.47. The Hall–Kier alpha value is -0.650. The highest BCUT2D eigenvalue weighted by molar-refractivity contribution is 5.70. The third-order valence-corrected chi connectivity index (χ3v) is 3.73. The fourth-order valence-corrected chi connectivity index (χ4v) is 2.22. The molecule has 1 amide bonds. The molecular weight excluding hydrogens is 242 g/mol. The third kappa shape index (κ3) is 7.50. The van der Waals surface area contributed by atoms with Crippen molar-refractivity contribution in [3.8, 4) is 0 Å². The fourth-order valence-electron chi connectivity index (χ4n) is 2.22. The Morgan fingerprint density at radius 2 is 1.74 bits per heavy atom. The van der Waals surface area contributed by atoms with Gasteiger partial charge in [0.1, 0.15) is 0 Å². The Balaban J connectivity index is 0.000000399. The number of rotatable bonds is 5. The van der Waals surface area contributed by atoms with Gasteiger partial charge in [0, 0.05) is 39.6 Å². The number of piperazine rings is 1. The molecule has 0 atom stereocenters. The summed E-state index contributed by atoms with van der Waals surface area (Å²) in [5, 5.41) is 0. The van der Waals surface area contributed by atoms with Crippen LogP contribution in [-0.4, -0.2) is 67.7 Å². The van der Waals surface area contributed by atoms with Crippen molar-refractivity contribution < 1.29 is 9.53 Å². The van der Waals surface area contributed by atoms with Crippen LogP contribution in [0.1, 0.15) is 33.1 Å². The van der Waals surface area contributed by atoms with Gasteiger partial charge in [-0.3, -0.25) is 9.69 Å². The zero-order valence-corrected chi connectivity index (χ0v) is 12.4.